The minimum Gasteiger partial charge on any atom is -0.459 e. The second-order valence-electron chi connectivity index (χ2n) is 5.38. The van der Waals surface area contributed by atoms with E-state index < -0.39 is 0 Å². The number of ether oxygens (including phenoxy) is 1. The highest BCUT2D eigenvalue weighted by atomic mass is 16.5. The minimum absolute atomic E-state index is 0.0216. The smallest absolute Gasteiger partial charge is 0.134 e. The highest BCUT2D eigenvalue weighted by molar-refractivity contribution is 5.78. The van der Waals surface area contributed by atoms with Gasteiger partial charge in [-0.25, -0.2) is 0 Å². The summed E-state index contributed by atoms with van der Waals surface area (Å²) in [4.78, 5) is 0. The van der Waals surface area contributed by atoms with E-state index in [0.717, 1.165) is 16.7 Å². The maximum absolute atomic E-state index is 6.31. The zero-order valence-electron chi connectivity index (χ0n) is 12.1. The first-order valence-corrected chi connectivity index (χ1v) is 6.90. The van der Waals surface area contributed by atoms with E-state index in [0.29, 0.717) is 12.5 Å². The molecule has 0 bridgehead atoms. The van der Waals surface area contributed by atoms with Crippen LogP contribution >= 0.6 is 0 Å². The zero-order chi connectivity index (χ0) is 14.0. The molecular formula is C16H23NO2. The lowest BCUT2D eigenvalue weighted by Crippen LogP contribution is -2.33. The normalized spacial score (nSPS) is 15.1. The summed E-state index contributed by atoms with van der Waals surface area (Å²) in [6.07, 6.45) is -0.0216. The van der Waals surface area contributed by atoms with E-state index in [4.69, 9.17) is 14.9 Å². The molecule has 3 heteroatoms. The molecule has 1 aromatic heterocycles. The van der Waals surface area contributed by atoms with Crippen molar-refractivity contribution in [3.05, 3.63) is 35.6 Å². The molecule has 2 unspecified atom stereocenters. The van der Waals surface area contributed by atoms with Gasteiger partial charge in [-0.05, 0) is 38.0 Å². The largest absolute Gasteiger partial charge is 0.459 e. The third kappa shape index (κ3) is 2.99. The Balaban J connectivity index is 2.31. The Kier molecular flexibility index (Phi) is 4.27. The number of furan rings is 1. The maximum Gasteiger partial charge on any atom is 0.134 e. The fourth-order valence-corrected chi connectivity index (χ4v) is 2.41. The quantitative estimate of drug-likeness (QED) is 0.890. The predicted octanol–water partition coefficient (Wildman–Crippen LogP) is 3.80. The van der Waals surface area contributed by atoms with E-state index in [9.17, 15) is 0 Å². The molecule has 0 fully saturated rings. The van der Waals surface area contributed by atoms with Crippen molar-refractivity contribution in [2.24, 2.45) is 11.7 Å². The third-order valence-corrected chi connectivity index (χ3v) is 3.39. The Morgan fingerprint density at radius 2 is 2.00 bits per heavy atom. The second kappa shape index (κ2) is 5.76. The zero-order valence-corrected chi connectivity index (χ0v) is 12.1. The molecule has 0 amide bonds. The van der Waals surface area contributed by atoms with Crippen LogP contribution in [0.5, 0.6) is 0 Å². The van der Waals surface area contributed by atoms with Gasteiger partial charge < -0.3 is 14.9 Å². The fraction of sp³-hybridized carbons (Fsp3) is 0.500. The lowest BCUT2D eigenvalue weighted by atomic mass is 9.98. The summed E-state index contributed by atoms with van der Waals surface area (Å²) in [6, 6.07) is 7.95. The lowest BCUT2D eigenvalue weighted by Gasteiger charge is -2.25. The van der Waals surface area contributed by atoms with Gasteiger partial charge in [-0.15, -0.1) is 0 Å². The molecule has 2 atom stereocenters. The van der Waals surface area contributed by atoms with Crippen molar-refractivity contribution in [3.63, 3.8) is 0 Å². The molecule has 2 rings (SSSR count). The van der Waals surface area contributed by atoms with E-state index >= 15 is 0 Å². The molecule has 0 saturated carbocycles. The Morgan fingerprint density at radius 3 is 2.63 bits per heavy atom. The van der Waals surface area contributed by atoms with Crippen LogP contribution in [0, 0.1) is 12.8 Å². The van der Waals surface area contributed by atoms with Crippen molar-refractivity contribution in [1.29, 1.82) is 0 Å². The molecule has 104 valence electrons. The molecule has 2 N–H and O–H groups in total. The third-order valence-electron chi connectivity index (χ3n) is 3.39. The Labute approximate surface area is 114 Å². The summed E-state index contributed by atoms with van der Waals surface area (Å²) in [6.45, 7) is 8.96. The molecule has 0 spiro atoms. The molecule has 0 aliphatic heterocycles. The topological polar surface area (TPSA) is 48.4 Å². The van der Waals surface area contributed by atoms with Crippen LogP contribution in [0.2, 0.25) is 0 Å². The Bertz CT molecular complexity index is 545. The van der Waals surface area contributed by atoms with Gasteiger partial charge in [-0.3, -0.25) is 0 Å². The van der Waals surface area contributed by atoms with Crippen LogP contribution in [0.25, 0.3) is 11.0 Å². The molecular weight excluding hydrogens is 238 g/mol. The molecule has 0 radical (unpaired) electrons. The molecule has 1 aromatic carbocycles. The number of hydrogen-bond donors (Lipinski definition) is 1. The predicted molar refractivity (Wildman–Crippen MR) is 78.1 cm³/mol. The molecule has 19 heavy (non-hydrogen) atoms. The summed E-state index contributed by atoms with van der Waals surface area (Å²) in [5.41, 5.74) is 8.41. The van der Waals surface area contributed by atoms with Crippen molar-refractivity contribution in [1.82, 2.24) is 0 Å². The number of fused-ring (bicyclic) bond motifs is 1. The highest BCUT2D eigenvalue weighted by Gasteiger charge is 2.26. The van der Waals surface area contributed by atoms with E-state index in [1.165, 1.54) is 5.56 Å². The first-order chi connectivity index (χ1) is 9.02. The fourth-order valence-electron chi connectivity index (χ4n) is 2.41. The second-order valence-corrected chi connectivity index (χ2v) is 5.38. The standard InChI is InChI=1S/C16H23NO2/c1-5-18-16(10(2)3)15(17)14-9-12-8-11(4)6-7-13(12)19-14/h6-10,15-16H,5,17H2,1-4H3. The van der Waals surface area contributed by atoms with Crippen molar-refractivity contribution < 1.29 is 9.15 Å². The van der Waals surface area contributed by atoms with Gasteiger partial charge in [0.05, 0.1) is 12.1 Å². The van der Waals surface area contributed by atoms with Gasteiger partial charge in [0.2, 0.25) is 0 Å². The summed E-state index contributed by atoms with van der Waals surface area (Å²) in [5, 5.41) is 1.10. The number of rotatable bonds is 5. The van der Waals surface area contributed by atoms with Gasteiger partial charge in [0.25, 0.3) is 0 Å². The Morgan fingerprint density at radius 1 is 1.26 bits per heavy atom. The average Bonchev–Trinajstić information content (AvgIpc) is 2.77. The van der Waals surface area contributed by atoms with Gasteiger partial charge in [0, 0.05) is 12.0 Å². The van der Waals surface area contributed by atoms with Crippen LogP contribution in [0.4, 0.5) is 0 Å². The molecule has 0 aliphatic carbocycles. The van der Waals surface area contributed by atoms with E-state index in [1.807, 2.05) is 25.1 Å². The first kappa shape index (κ1) is 14.1. The minimum atomic E-state index is -0.229. The van der Waals surface area contributed by atoms with Crippen LogP contribution in [0.15, 0.2) is 28.7 Å². The van der Waals surface area contributed by atoms with Crippen LogP contribution < -0.4 is 5.73 Å². The molecule has 0 aliphatic rings. The van der Waals surface area contributed by atoms with Crippen molar-refractivity contribution in [2.75, 3.05) is 6.61 Å². The van der Waals surface area contributed by atoms with Crippen molar-refractivity contribution in [3.8, 4) is 0 Å². The average molecular weight is 261 g/mol. The van der Waals surface area contributed by atoms with Crippen molar-refractivity contribution in [2.45, 2.75) is 39.8 Å². The van der Waals surface area contributed by atoms with Gasteiger partial charge in [-0.2, -0.15) is 0 Å². The number of aryl methyl sites for hydroxylation is 1. The Hall–Kier alpha value is -1.32. The monoisotopic (exact) mass is 261 g/mol. The molecule has 1 heterocycles. The highest BCUT2D eigenvalue weighted by Crippen LogP contribution is 2.28. The van der Waals surface area contributed by atoms with E-state index in [1.54, 1.807) is 0 Å². The first-order valence-electron chi connectivity index (χ1n) is 6.90. The summed E-state index contributed by atoms with van der Waals surface area (Å²) >= 11 is 0. The molecule has 2 aromatic rings. The molecule has 0 saturated heterocycles. The summed E-state index contributed by atoms with van der Waals surface area (Å²) in [7, 11) is 0. The van der Waals surface area contributed by atoms with E-state index in [-0.39, 0.29) is 12.1 Å². The van der Waals surface area contributed by atoms with Crippen molar-refractivity contribution >= 4 is 11.0 Å². The van der Waals surface area contributed by atoms with Crippen LogP contribution in [-0.4, -0.2) is 12.7 Å². The number of nitrogens with two attached hydrogens (primary N) is 1. The van der Waals surface area contributed by atoms with Gasteiger partial charge in [0.15, 0.2) is 0 Å². The van der Waals surface area contributed by atoms with Gasteiger partial charge >= 0.3 is 0 Å². The SMILES string of the molecule is CCOC(C(C)C)C(N)c1cc2cc(C)ccc2o1. The maximum atomic E-state index is 6.31. The number of hydrogen-bond acceptors (Lipinski definition) is 3. The number of benzene rings is 1. The van der Waals surface area contributed by atoms with E-state index in [2.05, 4.69) is 26.8 Å². The van der Waals surface area contributed by atoms with Crippen LogP contribution in [0.3, 0.4) is 0 Å². The van der Waals surface area contributed by atoms with Gasteiger partial charge in [-0.1, -0.05) is 25.5 Å². The summed E-state index contributed by atoms with van der Waals surface area (Å²) in [5.74, 6) is 1.15. The molecule has 3 nitrogen and oxygen atoms in total. The van der Waals surface area contributed by atoms with Crippen LogP contribution in [0.1, 0.15) is 38.1 Å². The van der Waals surface area contributed by atoms with Gasteiger partial charge in [0.1, 0.15) is 11.3 Å². The summed E-state index contributed by atoms with van der Waals surface area (Å²) < 4.78 is 11.6. The lowest BCUT2D eigenvalue weighted by molar-refractivity contribution is 0.00794. The van der Waals surface area contributed by atoms with Crippen LogP contribution in [-0.2, 0) is 4.74 Å².